The second kappa shape index (κ2) is 5.57. The van der Waals surface area contributed by atoms with Crippen molar-refractivity contribution in [3.63, 3.8) is 0 Å². The minimum atomic E-state index is -1.00. The Balaban J connectivity index is 2.35. The lowest BCUT2D eigenvalue weighted by atomic mass is 10.1. The van der Waals surface area contributed by atoms with Gasteiger partial charge in [-0.05, 0) is 36.8 Å². The predicted molar refractivity (Wildman–Crippen MR) is 74.8 cm³/mol. The minimum Gasteiger partial charge on any atom is -0.478 e. The first-order chi connectivity index (χ1) is 9.49. The molecule has 0 saturated carbocycles. The number of nitrogens with zero attached hydrogens (tertiary/aromatic N) is 3. The molecule has 0 aliphatic heterocycles. The zero-order chi connectivity index (χ0) is 14.7. The largest absolute Gasteiger partial charge is 0.478 e. The van der Waals surface area contributed by atoms with E-state index < -0.39 is 11.5 Å². The van der Waals surface area contributed by atoms with Gasteiger partial charge in [-0.15, -0.1) is 0 Å². The summed E-state index contributed by atoms with van der Waals surface area (Å²) in [5, 5.41) is 19.0. The number of hydrogen-bond acceptors (Lipinski definition) is 5. The molecule has 7 nitrogen and oxygen atoms in total. The van der Waals surface area contributed by atoms with Gasteiger partial charge in [0.15, 0.2) is 0 Å². The highest BCUT2D eigenvalue weighted by molar-refractivity contribution is 7.71. The van der Waals surface area contributed by atoms with Gasteiger partial charge < -0.3 is 5.11 Å². The van der Waals surface area contributed by atoms with Gasteiger partial charge >= 0.3 is 5.97 Å². The molecule has 0 amide bonds. The van der Waals surface area contributed by atoms with Crippen LogP contribution < -0.4 is 5.56 Å². The molecule has 0 aliphatic carbocycles. The van der Waals surface area contributed by atoms with Crippen molar-refractivity contribution < 1.29 is 9.90 Å². The van der Waals surface area contributed by atoms with Gasteiger partial charge in [-0.1, -0.05) is 12.1 Å². The molecule has 0 fully saturated rings. The number of benzene rings is 1. The van der Waals surface area contributed by atoms with Gasteiger partial charge in [0.25, 0.3) is 5.56 Å². The molecular weight excluding hydrogens is 280 g/mol. The maximum absolute atomic E-state index is 11.8. The van der Waals surface area contributed by atoms with Crippen LogP contribution in [0.15, 0.2) is 34.2 Å². The first-order valence-electron chi connectivity index (χ1n) is 5.55. The third-order valence-electron chi connectivity index (χ3n) is 2.49. The summed E-state index contributed by atoms with van der Waals surface area (Å²) in [6.07, 6.45) is 1.41. The van der Waals surface area contributed by atoms with Crippen molar-refractivity contribution >= 4 is 24.4 Å². The molecule has 0 saturated heterocycles. The Morgan fingerprint density at radius 3 is 2.70 bits per heavy atom. The van der Waals surface area contributed by atoms with Crippen LogP contribution >= 0.6 is 12.2 Å². The summed E-state index contributed by atoms with van der Waals surface area (Å²) in [6, 6.07) is 6.06. The fourth-order valence-electron chi connectivity index (χ4n) is 1.41. The summed E-state index contributed by atoms with van der Waals surface area (Å²) >= 11 is 4.92. The van der Waals surface area contributed by atoms with Crippen LogP contribution in [0.2, 0.25) is 0 Å². The average Bonchev–Trinajstić information content (AvgIpc) is 2.43. The molecule has 0 spiro atoms. The number of rotatable bonds is 3. The first kappa shape index (κ1) is 13.8. The molecule has 2 N–H and O–H groups in total. The monoisotopic (exact) mass is 290 g/mol. The Kier molecular flexibility index (Phi) is 3.85. The van der Waals surface area contributed by atoms with E-state index in [0.717, 1.165) is 4.68 Å². The zero-order valence-electron chi connectivity index (χ0n) is 10.4. The van der Waals surface area contributed by atoms with Crippen molar-refractivity contribution in [3.05, 3.63) is 56.2 Å². The summed E-state index contributed by atoms with van der Waals surface area (Å²) < 4.78 is 1.10. The van der Waals surface area contributed by atoms with E-state index in [1.54, 1.807) is 19.1 Å². The van der Waals surface area contributed by atoms with Crippen LogP contribution in [-0.2, 0) is 0 Å². The van der Waals surface area contributed by atoms with Gasteiger partial charge in [-0.3, -0.25) is 9.89 Å². The number of nitrogens with one attached hydrogen (secondary N) is 1. The van der Waals surface area contributed by atoms with E-state index in [2.05, 4.69) is 15.3 Å². The van der Waals surface area contributed by atoms with Gasteiger partial charge in [0.1, 0.15) is 5.69 Å². The lowest BCUT2D eigenvalue weighted by Crippen LogP contribution is -2.22. The first-order valence-corrected chi connectivity index (χ1v) is 5.96. The second-order valence-electron chi connectivity index (χ2n) is 3.90. The molecule has 0 aliphatic rings. The van der Waals surface area contributed by atoms with E-state index in [1.807, 2.05) is 0 Å². The van der Waals surface area contributed by atoms with E-state index in [9.17, 15) is 9.59 Å². The molecule has 102 valence electrons. The van der Waals surface area contributed by atoms with E-state index in [4.69, 9.17) is 17.3 Å². The molecule has 8 heteroatoms. The smallest absolute Gasteiger partial charge is 0.335 e. The average molecular weight is 290 g/mol. The van der Waals surface area contributed by atoms with E-state index in [-0.39, 0.29) is 16.0 Å². The van der Waals surface area contributed by atoms with Crippen molar-refractivity contribution in [2.24, 2.45) is 5.10 Å². The molecule has 0 atom stereocenters. The highest BCUT2D eigenvalue weighted by atomic mass is 32.1. The standard InChI is InChI=1S/C12H10N4O3S/c1-7-10(17)16(12(20)15-14-7)13-6-8-2-4-9(5-3-8)11(18)19/h2-6H,1H3,(H,15,20)(H,18,19). The Labute approximate surface area is 118 Å². The third kappa shape index (κ3) is 2.86. The molecule has 0 radical (unpaired) electrons. The number of hydrogen-bond donors (Lipinski definition) is 2. The van der Waals surface area contributed by atoms with Crippen LogP contribution in [0.3, 0.4) is 0 Å². The van der Waals surface area contributed by atoms with Crippen molar-refractivity contribution in [2.45, 2.75) is 6.92 Å². The fourth-order valence-corrected chi connectivity index (χ4v) is 1.59. The summed E-state index contributed by atoms with van der Waals surface area (Å²) in [5.74, 6) is -1.00. The lowest BCUT2D eigenvalue weighted by molar-refractivity contribution is 0.0697. The second-order valence-corrected chi connectivity index (χ2v) is 4.29. The van der Waals surface area contributed by atoms with Gasteiger partial charge in [-0.2, -0.15) is 14.9 Å². The summed E-state index contributed by atoms with van der Waals surface area (Å²) in [7, 11) is 0. The number of carboxylic acids is 1. The molecule has 1 aromatic carbocycles. The van der Waals surface area contributed by atoms with Crippen LogP contribution in [0.25, 0.3) is 0 Å². The maximum atomic E-state index is 11.8. The third-order valence-corrected chi connectivity index (χ3v) is 2.76. The number of aromatic nitrogens is 3. The molecule has 2 aromatic rings. The lowest BCUT2D eigenvalue weighted by Gasteiger charge is -1.99. The summed E-state index contributed by atoms with van der Waals surface area (Å²) in [5.41, 5.74) is 0.659. The van der Waals surface area contributed by atoms with Crippen molar-refractivity contribution in [3.8, 4) is 0 Å². The predicted octanol–water partition coefficient (Wildman–Crippen LogP) is 1.19. The number of carbonyl (C=O) groups is 1. The van der Waals surface area contributed by atoms with Crippen molar-refractivity contribution in [1.82, 2.24) is 14.9 Å². The Bertz CT molecular complexity index is 790. The fraction of sp³-hybridized carbons (Fsp3) is 0.0833. The van der Waals surface area contributed by atoms with Gasteiger partial charge in [0.2, 0.25) is 4.77 Å². The van der Waals surface area contributed by atoms with Crippen molar-refractivity contribution in [1.29, 1.82) is 0 Å². The van der Waals surface area contributed by atoms with E-state index in [0.29, 0.717) is 5.56 Å². The van der Waals surface area contributed by atoms with E-state index in [1.165, 1.54) is 18.3 Å². The number of aryl methyl sites for hydroxylation is 1. The van der Waals surface area contributed by atoms with E-state index >= 15 is 0 Å². The van der Waals surface area contributed by atoms with Gasteiger partial charge in [-0.25, -0.2) is 4.79 Å². The molecule has 0 unspecified atom stereocenters. The zero-order valence-corrected chi connectivity index (χ0v) is 11.2. The molecule has 1 aromatic heterocycles. The normalized spacial score (nSPS) is 10.8. The summed E-state index contributed by atoms with van der Waals surface area (Å²) in [6.45, 7) is 1.54. The molecular formula is C12H10N4O3S. The highest BCUT2D eigenvalue weighted by Crippen LogP contribution is 2.02. The number of carboxylic acid groups (broad SMARTS) is 1. The molecule has 0 bridgehead atoms. The molecule has 1 heterocycles. The number of aromatic carboxylic acids is 1. The van der Waals surface area contributed by atoms with Crippen LogP contribution in [-0.4, -0.2) is 32.2 Å². The molecule has 20 heavy (non-hydrogen) atoms. The van der Waals surface area contributed by atoms with Crippen LogP contribution in [0, 0.1) is 11.7 Å². The minimum absolute atomic E-state index is 0.0824. The Hall–Kier alpha value is -2.61. The van der Waals surface area contributed by atoms with Gasteiger partial charge in [0, 0.05) is 0 Å². The Morgan fingerprint density at radius 1 is 1.45 bits per heavy atom. The number of H-pyrrole nitrogens is 1. The maximum Gasteiger partial charge on any atom is 0.335 e. The summed E-state index contributed by atoms with van der Waals surface area (Å²) in [4.78, 5) is 22.5. The SMILES string of the molecule is Cc1n[nH]c(=S)n(N=Cc2ccc(C(=O)O)cc2)c1=O. The topological polar surface area (TPSA) is 100 Å². The van der Waals surface area contributed by atoms with Crippen molar-refractivity contribution in [2.75, 3.05) is 0 Å². The highest BCUT2D eigenvalue weighted by Gasteiger charge is 2.02. The molecule has 2 rings (SSSR count). The van der Waals surface area contributed by atoms with Gasteiger partial charge in [0.05, 0.1) is 11.8 Å². The quantitative estimate of drug-likeness (QED) is 0.653. The number of aromatic amines is 1. The van der Waals surface area contributed by atoms with Crippen LogP contribution in [0.5, 0.6) is 0 Å². The Morgan fingerprint density at radius 2 is 2.10 bits per heavy atom. The van der Waals surface area contributed by atoms with Crippen LogP contribution in [0.4, 0.5) is 0 Å². The van der Waals surface area contributed by atoms with Crippen LogP contribution in [0.1, 0.15) is 21.6 Å².